The minimum atomic E-state index is -0.417. The predicted molar refractivity (Wildman–Crippen MR) is 73.5 cm³/mol. The SMILES string of the molecule is CCOCCOC(=O)c1cnc(Cl)c2ccccc12. The van der Waals surface area contributed by atoms with E-state index >= 15 is 0 Å². The molecule has 0 saturated heterocycles. The highest BCUT2D eigenvalue weighted by Crippen LogP contribution is 2.24. The van der Waals surface area contributed by atoms with Gasteiger partial charge in [0.05, 0.1) is 12.2 Å². The van der Waals surface area contributed by atoms with E-state index in [0.717, 1.165) is 10.8 Å². The number of hydrogen-bond acceptors (Lipinski definition) is 4. The highest BCUT2D eigenvalue weighted by atomic mass is 35.5. The van der Waals surface area contributed by atoms with Gasteiger partial charge in [-0.1, -0.05) is 35.9 Å². The predicted octanol–water partition coefficient (Wildman–Crippen LogP) is 3.08. The number of aromatic nitrogens is 1. The maximum atomic E-state index is 12.0. The van der Waals surface area contributed by atoms with Crippen LogP contribution in [0.4, 0.5) is 0 Å². The van der Waals surface area contributed by atoms with Crippen molar-refractivity contribution in [3.05, 3.63) is 41.2 Å². The molecule has 1 aromatic carbocycles. The van der Waals surface area contributed by atoms with Crippen LogP contribution in [-0.4, -0.2) is 30.8 Å². The maximum Gasteiger partial charge on any atom is 0.340 e. The lowest BCUT2D eigenvalue weighted by Gasteiger charge is -2.08. The summed E-state index contributed by atoms with van der Waals surface area (Å²) in [7, 11) is 0. The molecule has 0 radical (unpaired) electrons. The molecule has 4 nitrogen and oxygen atoms in total. The third-order valence-electron chi connectivity index (χ3n) is 2.63. The first-order valence-electron chi connectivity index (χ1n) is 6.02. The fourth-order valence-corrected chi connectivity index (χ4v) is 1.95. The molecule has 0 aliphatic rings. The molecule has 5 heteroatoms. The molecule has 0 amide bonds. The van der Waals surface area contributed by atoms with Crippen molar-refractivity contribution in [2.24, 2.45) is 0 Å². The van der Waals surface area contributed by atoms with Gasteiger partial charge >= 0.3 is 5.97 Å². The Morgan fingerprint density at radius 2 is 2.00 bits per heavy atom. The number of pyridine rings is 1. The zero-order valence-corrected chi connectivity index (χ0v) is 11.3. The Labute approximate surface area is 116 Å². The van der Waals surface area contributed by atoms with Gasteiger partial charge in [0.1, 0.15) is 11.8 Å². The molecular formula is C14H14ClNO3. The normalized spacial score (nSPS) is 10.6. The van der Waals surface area contributed by atoms with E-state index in [9.17, 15) is 4.79 Å². The zero-order chi connectivity index (χ0) is 13.7. The van der Waals surface area contributed by atoms with Crippen molar-refractivity contribution in [3.8, 4) is 0 Å². The molecular weight excluding hydrogens is 266 g/mol. The number of fused-ring (bicyclic) bond motifs is 1. The van der Waals surface area contributed by atoms with Gasteiger partial charge in [0.15, 0.2) is 0 Å². The molecule has 0 aliphatic carbocycles. The van der Waals surface area contributed by atoms with Crippen LogP contribution in [0.25, 0.3) is 10.8 Å². The molecule has 0 bridgehead atoms. The Morgan fingerprint density at radius 1 is 1.26 bits per heavy atom. The van der Waals surface area contributed by atoms with Gasteiger partial charge < -0.3 is 9.47 Å². The molecule has 0 N–H and O–H groups in total. The van der Waals surface area contributed by atoms with Crippen LogP contribution in [0.2, 0.25) is 5.15 Å². The third-order valence-corrected chi connectivity index (χ3v) is 2.93. The summed E-state index contributed by atoms with van der Waals surface area (Å²) < 4.78 is 10.2. The molecule has 0 unspecified atom stereocenters. The van der Waals surface area contributed by atoms with E-state index in [1.807, 2.05) is 31.2 Å². The number of nitrogens with zero attached hydrogens (tertiary/aromatic N) is 1. The monoisotopic (exact) mass is 279 g/mol. The first-order chi connectivity index (χ1) is 9.24. The number of carbonyl (C=O) groups excluding carboxylic acids is 1. The molecule has 0 fully saturated rings. The molecule has 1 aromatic heterocycles. The first kappa shape index (κ1) is 13.8. The van der Waals surface area contributed by atoms with Gasteiger partial charge in [0.2, 0.25) is 0 Å². The minimum absolute atomic E-state index is 0.226. The smallest absolute Gasteiger partial charge is 0.340 e. The van der Waals surface area contributed by atoms with E-state index in [2.05, 4.69) is 4.98 Å². The summed E-state index contributed by atoms with van der Waals surface area (Å²) >= 11 is 6.00. The number of ether oxygens (including phenoxy) is 2. The zero-order valence-electron chi connectivity index (χ0n) is 10.6. The molecule has 0 aliphatic heterocycles. The lowest BCUT2D eigenvalue weighted by Crippen LogP contribution is -2.11. The van der Waals surface area contributed by atoms with Crippen LogP contribution in [0.15, 0.2) is 30.5 Å². The van der Waals surface area contributed by atoms with E-state index in [0.29, 0.717) is 23.9 Å². The molecule has 0 saturated carbocycles. The highest BCUT2D eigenvalue weighted by molar-refractivity contribution is 6.34. The second-order valence-corrected chi connectivity index (χ2v) is 4.20. The lowest BCUT2D eigenvalue weighted by molar-refractivity contribution is 0.0337. The second kappa shape index (κ2) is 6.50. The van der Waals surface area contributed by atoms with Gasteiger partial charge in [0, 0.05) is 23.6 Å². The van der Waals surface area contributed by atoms with Crippen molar-refractivity contribution < 1.29 is 14.3 Å². The maximum absolute atomic E-state index is 12.0. The number of esters is 1. The van der Waals surface area contributed by atoms with Crippen molar-refractivity contribution in [1.29, 1.82) is 0 Å². The number of halogens is 1. The third kappa shape index (κ3) is 3.22. The Morgan fingerprint density at radius 3 is 2.74 bits per heavy atom. The fraction of sp³-hybridized carbons (Fsp3) is 0.286. The van der Waals surface area contributed by atoms with Crippen LogP contribution >= 0.6 is 11.6 Å². The number of rotatable bonds is 5. The Balaban J connectivity index is 2.20. The van der Waals surface area contributed by atoms with Crippen LogP contribution in [-0.2, 0) is 9.47 Å². The van der Waals surface area contributed by atoms with Crippen LogP contribution in [0, 0.1) is 0 Å². The van der Waals surface area contributed by atoms with E-state index in [1.165, 1.54) is 6.20 Å². The number of hydrogen-bond donors (Lipinski definition) is 0. The van der Waals surface area contributed by atoms with Gasteiger partial charge in [0.25, 0.3) is 0 Å². The Hall–Kier alpha value is -1.65. The minimum Gasteiger partial charge on any atom is -0.460 e. The topological polar surface area (TPSA) is 48.4 Å². The van der Waals surface area contributed by atoms with Gasteiger partial charge in [-0.3, -0.25) is 0 Å². The summed E-state index contributed by atoms with van der Waals surface area (Å²) in [5.41, 5.74) is 0.413. The van der Waals surface area contributed by atoms with Crippen LogP contribution in [0.5, 0.6) is 0 Å². The molecule has 0 spiro atoms. The Kier molecular flexibility index (Phi) is 4.71. The fourth-order valence-electron chi connectivity index (χ4n) is 1.74. The molecule has 19 heavy (non-hydrogen) atoms. The average Bonchev–Trinajstić information content (AvgIpc) is 2.44. The van der Waals surface area contributed by atoms with E-state index in [4.69, 9.17) is 21.1 Å². The van der Waals surface area contributed by atoms with E-state index in [-0.39, 0.29) is 6.61 Å². The van der Waals surface area contributed by atoms with Gasteiger partial charge in [-0.15, -0.1) is 0 Å². The lowest BCUT2D eigenvalue weighted by atomic mass is 10.1. The Bertz CT molecular complexity index is 586. The molecule has 1 heterocycles. The highest BCUT2D eigenvalue weighted by Gasteiger charge is 2.13. The molecule has 2 aromatic rings. The van der Waals surface area contributed by atoms with Gasteiger partial charge in [-0.2, -0.15) is 0 Å². The molecule has 0 atom stereocenters. The molecule has 2 rings (SSSR count). The van der Waals surface area contributed by atoms with Crippen molar-refractivity contribution in [2.75, 3.05) is 19.8 Å². The van der Waals surface area contributed by atoms with Crippen molar-refractivity contribution in [1.82, 2.24) is 4.98 Å². The second-order valence-electron chi connectivity index (χ2n) is 3.84. The number of benzene rings is 1. The van der Waals surface area contributed by atoms with Crippen molar-refractivity contribution >= 4 is 28.3 Å². The van der Waals surface area contributed by atoms with Crippen LogP contribution in [0.3, 0.4) is 0 Å². The van der Waals surface area contributed by atoms with Gasteiger partial charge in [-0.25, -0.2) is 9.78 Å². The summed E-state index contributed by atoms with van der Waals surface area (Å²) in [6.45, 7) is 3.10. The summed E-state index contributed by atoms with van der Waals surface area (Å²) in [5, 5.41) is 1.86. The van der Waals surface area contributed by atoms with E-state index < -0.39 is 5.97 Å². The quantitative estimate of drug-likeness (QED) is 0.479. The van der Waals surface area contributed by atoms with Crippen molar-refractivity contribution in [3.63, 3.8) is 0 Å². The van der Waals surface area contributed by atoms with Crippen LogP contribution < -0.4 is 0 Å². The summed E-state index contributed by atoms with van der Waals surface area (Å²) in [6.07, 6.45) is 1.44. The van der Waals surface area contributed by atoms with E-state index in [1.54, 1.807) is 0 Å². The average molecular weight is 280 g/mol. The summed E-state index contributed by atoms with van der Waals surface area (Å²) in [6, 6.07) is 7.33. The summed E-state index contributed by atoms with van der Waals surface area (Å²) in [5.74, 6) is -0.417. The summed E-state index contributed by atoms with van der Waals surface area (Å²) in [4.78, 5) is 16.0. The molecule has 100 valence electrons. The number of carbonyl (C=O) groups is 1. The first-order valence-corrected chi connectivity index (χ1v) is 6.40. The largest absolute Gasteiger partial charge is 0.460 e. The van der Waals surface area contributed by atoms with Crippen molar-refractivity contribution in [2.45, 2.75) is 6.92 Å². The van der Waals surface area contributed by atoms with Crippen LogP contribution in [0.1, 0.15) is 17.3 Å². The standard InChI is InChI=1S/C14H14ClNO3/c1-2-18-7-8-19-14(17)12-9-16-13(15)11-6-4-3-5-10(11)12/h3-6,9H,2,7-8H2,1H3. The van der Waals surface area contributed by atoms with Gasteiger partial charge in [-0.05, 0) is 6.92 Å².